The Kier molecular flexibility index (Phi) is 5.76. The molecule has 0 saturated carbocycles. The van der Waals surface area contributed by atoms with Crippen LogP contribution in [-0.4, -0.2) is 10.9 Å². The molecule has 2 aromatic carbocycles. The molecule has 1 N–H and O–H groups in total. The highest BCUT2D eigenvalue weighted by molar-refractivity contribution is 6.31. The first kappa shape index (κ1) is 21.6. The number of carbonyl (C=O) groups excluding carboxylic acids is 1. The first-order chi connectivity index (χ1) is 14.0. The lowest BCUT2D eigenvalue weighted by molar-refractivity contribution is -0.138. The summed E-state index contributed by atoms with van der Waals surface area (Å²) in [5, 5.41) is 1.79. The second-order valence-corrected chi connectivity index (χ2v) is 6.53. The number of pyridine rings is 1. The normalized spacial score (nSPS) is 12.0. The van der Waals surface area contributed by atoms with E-state index in [1.807, 2.05) is 0 Å². The topological polar surface area (TPSA) is 42.0 Å². The molecule has 0 spiro atoms. The second kappa shape index (κ2) is 7.98. The highest BCUT2D eigenvalue weighted by Gasteiger charge is 2.34. The van der Waals surface area contributed by atoms with Crippen molar-refractivity contribution in [1.82, 2.24) is 4.98 Å². The molecule has 0 radical (unpaired) electrons. The molecular formula is C20H11ClF6N2O. The molecule has 1 aromatic heterocycles. The van der Waals surface area contributed by atoms with Crippen molar-refractivity contribution in [2.75, 3.05) is 5.32 Å². The zero-order valence-electron chi connectivity index (χ0n) is 14.8. The number of benzene rings is 2. The largest absolute Gasteiger partial charge is 0.418 e. The number of halogens is 7. The summed E-state index contributed by atoms with van der Waals surface area (Å²) >= 11 is 5.54. The van der Waals surface area contributed by atoms with Crippen LogP contribution < -0.4 is 5.32 Å². The van der Waals surface area contributed by atoms with Gasteiger partial charge < -0.3 is 5.32 Å². The summed E-state index contributed by atoms with van der Waals surface area (Å²) in [5.74, 6) is -0.742. The SMILES string of the molecule is O=C(Nc1ccc(Cl)c(C(F)(F)F)c1)c1ccc(-c2ncccc2C(F)(F)F)cc1. The molecule has 0 atom stereocenters. The summed E-state index contributed by atoms with van der Waals surface area (Å²) in [6.45, 7) is 0. The molecule has 0 aliphatic heterocycles. The molecule has 30 heavy (non-hydrogen) atoms. The fraction of sp³-hybridized carbons (Fsp3) is 0.100. The van der Waals surface area contributed by atoms with Gasteiger partial charge in [0.25, 0.3) is 5.91 Å². The lowest BCUT2D eigenvalue weighted by Crippen LogP contribution is -2.13. The van der Waals surface area contributed by atoms with E-state index in [2.05, 4.69) is 10.3 Å². The Bertz CT molecular complexity index is 1080. The average molecular weight is 445 g/mol. The molecule has 156 valence electrons. The van der Waals surface area contributed by atoms with Crippen LogP contribution in [0.3, 0.4) is 0 Å². The molecular weight excluding hydrogens is 434 g/mol. The van der Waals surface area contributed by atoms with Crippen molar-refractivity contribution in [2.45, 2.75) is 12.4 Å². The minimum absolute atomic E-state index is 0.0340. The molecule has 3 nitrogen and oxygen atoms in total. The molecule has 3 aromatic rings. The molecule has 0 bridgehead atoms. The number of aromatic nitrogens is 1. The Balaban J connectivity index is 1.84. The number of hydrogen-bond acceptors (Lipinski definition) is 2. The van der Waals surface area contributed by atoms with E-state index in [-0.39, 0.29) is 22.5 Å². The quantitative estimate of drug-likeness (QED) is 0.457. The highest BCUT2D eigenvalue weighted by Crippen LogP contribution is 2.37. The van der Waals surface area contributed by atoms with Gasteiger partial charge in [0.2, 0.25) is 0 Å². The zero-order chi connectivity index (χ0) is 22.1. The Hall–Kier alpha value is -3.07. The summed E-state index contributed by atoms with van der Waals surface area (Å²) in [6, 6.07) is 10.00. The minimum Gasteiger partial charge on any atom is -0.322 e. The summed E-state index contributed by atoms with van der Waals surface area (Å²) in [7, 11) is 0. The Labute approximate surface area is 171 Å². The van der Waals surface area contributed by atoms with Gasteiger partial charge in [-0.3, -0.25) is 9.78 Å². The monoisotopic (exact) mass is 444 g/mol. The van der Waals surface area contributed by atoms with Crippen LogP contribution in [0.2, 0.25) is 5.02 Å². The van der Waals surface area contributed by atoms with E-state index in [0.29, 0.717) is 6.07 Å². The van der Waals surface area contributed by atoms with Crippen molar-refractivity contribution < 1.29 is 31.1 Å². The number of nitrogens with one attached hydrogen (secondary N) is 1. The first-order valence-corrected chi connectivity index (χ1v) is 8.65. The van der Waals surface area contributed by atoms with Gasteiger partial charge in [0.05, 0.1) is 21.8 Å². The van der Waals surface area contributed by atoms with Crippen LogP contribution in [0.5, 0.6) is 0 Å². The summed E-state index contributed by atoms with van der Waals surface area (Å²) in [4.78, 5) is 16.1. The number of hydrogen-bond donors (Lipinski definition) is 1. The third-order valence-electron chi connectivity index (χ3n) is 4.06. The molecule has 0 fully saturated rings. The van der Waals surface area contributed by atoms with Gasteiger partial charge in [-0.25, -0.2) is 0 Å². The fourth-order valence-electron chi connectivity index (χ4n) is 2.67. The molecule has 3 rings (SSSR count). The van der Waals surface area contributed by atoms with E-state index < -0.39 is 34.4 Å². The Morgan fingerprint density at radius 2 is 1.50 bits per heavy atom. The van der Waals surface area contributed by atoms with Crippen molar-refractivity contribution >= 4 is 23.2 Å². The van der Waals surface area contributed by atoms with Crippen LogP contribution in [0.1, 0.15) is 21.5 Å². The maximum Gasteiger partial charge on any atom is 0.418 e. The maximum atomic E-state index is 13.1. The smallest absolute Gasteiger partial charge is 0.322 e. The predicted octanol–water partition coefficient (Wildman–Crippen LogP) is 6.69. The van der Waals surface area contributed by atoms with Crippen molar-refractivity contribution in [3.63, 3.8) is 0 Å². The van der Waals surface area contributed by atoms with E-state index in [4.69, 9.17) is 11.6 Å². The van der Waals surface area contributed by atoms with E-state index in [9.17, 15) is 31.1 Å². The van der Waals surface area contributed by atoms with Crippen LogP contribution in [0.25, 0.3) is 11.3 Å². The zero-order valence-corrected chi connectivity index (χ0v) is 15.5. The molecule has 0 saturated heterocycles. The summed E-state index contributed by atoms with van der Waals surface area (Å²) < 4.78 is 78.2. The average Bonchev–Trinajstić information content (AvgIpc) is 2.68. The fourth-order valence-corrected chi connectivity index (χ4v) is 2.89. The number of rotatable bonds is 3. The third-order valence-corrected chi connectivity index (χ3v) is 4.39. The van der Waals surface area contributed by atoms with E-state index >= 15 is 0 Å². The Morgan fingerprint density at radius 3 is 2.10 bits per heavy atom. The van der Waals surface area contributed by atoms with Crippen LogP contribution in [0.15, 0.2) is 60.8 Å². The van der Waals surface area contributed by atoms with Crippen molar-refractivity contribution in [1.29, 1.82) is 0 Å². The van der Waals surface area contributed by atoms with E-state index in [1.54, 1.807) is 0 Å². The van der Waals surface area contributed by atoms with Gasteiger partial charge in [-0.05, 0) is 42.5 Å². The van der Waals surface area contributed by atoms with Gasteiger partial charge in [-0.1, -0.05) is 23.7 Å². The Morgan fingerprint density at radius 1 is 0.867 bits per heavy atom. The number of anilines is 1. The van der Waals surface area contributed by atoms with Crippen LogP contribution in [-0.2, 0) is 12.4 Å². The minimum atomic E-state index is -4.70. The van der Waals surface area contributed by atoms with Crippen LogP contribution in [0.4, 0.5) is 32.0 Å². The number of nitrogens with zero attached hydrogens (tertiary/aromatic N) is 1. The lowest BCUT2D eigenvalue weighted by Gasteiger charge is -2.13. The molecule has 10 heteroatoms. The molecule has 1 heterocycles. The number of alkyl halides is 6. The standard InChI is InChI=1S/C20H11ClF6N2O/c21-16-8-7-13(10-15(16)20(25,26)27)29-18(30)12-5-3-11(4-6-12)17-14(19(22,23)24)2-1-9-28-17/h1-10H,(H,29,30). The first-order valence-electron chi connectivity index (χ1n) is 8.27. The van der Waals surface area contributed by atoms with Crippen molar-refractivity contribution in [3.05, 3.63) is 82.5 Å². The van der Waals surface area contributed by atoms with Crippen molar-refractivity contribution in [3.8, 4) is 11.3 Å². The van der Waals surface area contributed by atoms with Gasteiger partial charge in [0.1, 0.15) is 0 Å². The predicted molar refractivity (Wildman–Crippen MR) is 99.1 cm³/mol. The molecule has 1 amide bonds. The third kappa shape index (κ3) is 4.73. The van der Waals surface area contributed by atoms with Crippen molar-refractivity contribution in [2.24, 2.45) is 0 Å². The summed E-state index contributed by atoms with van der Waals surface area (Å²) in [6.07, 6.45) is -8.09. The maximum absolute atomic E-state index is 13.1. The highest BCUT2D eigenvalue weighted by atomic mass is 35.5. The van der Waals surface area contributed by atoms with Gasteiger partial charge in [-0.2, -0.15) is 26.3 Å². The van der Waals surface area contributed by atoms with Gasteiger partial charge in [0, 0.05) is 23.0 Å². The molecule has 0 unspecified atom stereocenters. The van der Waals surface area contributed by atoms with Gasteiger partial charge >= 0.3 is 12.4 Å². The molecule has 0 aliphatic rings. The number of amides is 1. The second-order valence-electron chi connectivity index (χ2n) is 6.12. The number of carbonyl (C=O) groups is 1. The summed E-state index contributed by atoms with van der Waals surface area (Å²) in [5.41, 5.74) is -2.30. The van der Waals surface area contributed by atoms with Crippen LogP contribution in [0, 0.1) is 0 Å². The van der Waals surface area contributed by atoms with E-state index in [1.165, 1.54) is 36.5 Å². The van der Waals surface area contributed by atoms with Gasteiger partial charge in [-0.15, -0.1) is 0 Å². The van der Waals surface area contributed by atoms with E-state index in [0.717, 1.165) is 18.2 Å². The molecule has 0 aliphatic carbocycles. The van der Waals surface area contributed by atoms with Gasteiger partial charge in [0.15, 0.2) is 0 Å². The van der Waals surface area contributed by atoms with Crippen LogP contribution >= 0.6 is 11.6 Å². The lowest BCUT2D eigenvalue weighted by atomic mass is 10.0.